The SMILES string of the molecule is O=C(COCC(=O)N1CCCN1C(=O)Cc1ccc2c(c1)OCO2)Nc1ccc2c(c1)OCO2. The first-order valence-corrected chi connectivity index (χ1v) is 10.8. The highest BCUT2D eigenvalue weighted by Crippen LogP contribution is 2.34. The average Bonchev–Trinajstić information content (AvgIpc) is 3.58. The van der Waals surface area contributed by atoms with Crippen LogP contribution in [0.5, 0.6) is 23.0 Å². The second-order valence-corrected chi connectivity index (χ2v) is 7.86. The normalized spacial score (nSPS) is 15.5. The van der Waals surface area contributed by atoms with Crippen molar-refractivity contribution in [2.24, 2.45) is 0 Å². The molecule has 0 spiro atoms. The summed E-state index contributed by atoms with van der Waals surface area (Å²) in [5, 5.41) is 5.49. The van der Waals surface area contributed by atoms with Crippen molar-refractivity contribution in [3.8, 4) is 23.0 Å². The molecule has 11 heteroatoms. The zero-order valence-electron chi connectivity index (χ0n) is 18.3. The van der Waals surface area contributed by atoms with E-state index < -0.39 is 5.91 Å². The molecule has 0 atom stereocenters. The van der Waals surface area contributed by atoms with Crippen LogP contribution in [0.3, 0.4) is 0 Å². The molecule has 34 heavy (non-hydrogen) atoms. The molecule has 3 aliphatic heterocycles. The highest BCUT2D eigenvalue weighted by atomic mass is 16.7. The van der Waals surface area contributed by atoms with Crippen molar-refractivity contribution in [3.63, 3.8) is 0 Å². The molecule has 1 N–H and O–H groups in total. The van der Waals surface area contributed by atoms with Gasteiger partial charge in [0.1, 0.15) is 13.2 Å². The molecule has 0 aliphatic carbocycles. The first-order valence-electron chi connectivity index (χ1n) is 10.8. The molecule has 0 unspecified atom stereocenters. The smallest absolute Gasteiger partial charge is 0.267 e. The maximum absolute atomic E-state index is 12.8. The van der Waals surface area contributed by atoms with Crippen molar-refractivity contribution >= 4 is 23.4 Å². The Morgan fingerprint density at radius 2 is 1.44 bits per heavy atom. The Balaban J connectivity index is 1.09. The molecule has 178 valence electrons. The lowest BCUT2D eigenvalue weighted by Crippen LogP contribution is -2.47. The van der Waals surface area contributed by atoms with Gasteiger partial charge in [0.15, 0.2) is 23.0 Å². The maximum atomic E-state index is 12.8. The van der Waals surface area contributed by atoms with E-state index in [4.69, 9.17) is 23.7 Å². The molecule has 2 aromatic carbocycles. The molecule has 2 aromatic rings. The molecule has 1 saturated heterocycles. The molecule has 3 amide bonds. The minimum Gasteiger partial charge on any atom is -0.454 e. The molecule has 0 bridgehead atoms. The number of carbonyl (C=O) groups excluding carboxylic acids is 3. The highest BCUT2D eigenvalue weighted by Gasteiger charge is 2.31. The molecule has 5 rings (SSSR count). The summed E-state index contributed by atoms with van der Waals surface area (Å²) in [5.74, 6) is 1.42. The number of hydrogen-bond acceptors (Lipinski definition) is 8. The summed E-state index contributed by atoms with van der Waals surface area (Å²) < 4.78 is 26.5. The minimum absolute atomic E-state index is 0.124. The van der Waals surface area contributed by atoms with Gasteiger partial charge in [0.25, 0.3) is 5.91 Å². The number of hydrazine groups is 1. The lowest BCUT2D eigenvalue weighted by Gasteiger charge is -2.28. The van der Waals surface area contributed by atoms with Gasteiger partial charge in [0.2, 0.25) is 25.4 Å². The van der Waals surface area contributed by atoms with E-state index in [1.165, 1.54) is 10.0 Å². The Morgan fingerprint density at radius 1 is 0.794 bits per heavy atom. The van der Waals surface area contributed by atoms with Gasteiger partial charge in [-0.2, -0.15) is 0 Å². The Labute approximate surface area is 195 Å². The lowest BCUT2D eigenvalue weighted by molar-refractivity contribution is -0.160. The van der Waals surface area contributed by atoms with E-state index in [1.54, 1.807) is 36.4 Å². The second kappa shape index (κ2) is 9.48. The van der Waals surface area contributed by atoms with Crippen LogP contribution in [0.2, 0.25) is 0 Å². The molecule has 0 aromatic heterocycles. The van der Waals surface area contributed by atoms with Crippen molar-refractivity contribution in [1.82, 2.24) is 10.0 Å². The predicted molar refractivity (Wildman–Crippen MR) is 116 cm³/mol. The van der Waals surface area contributed by atoms with Crippen LogP contribution in [0, 0.1) is 0 Å². The van der Waals surface area contributed by atoms with E-state index in [1.807, 2.05) is 0 Å². The summed E-state index contributed by atoms with van der Waals surface area (Å²) in [6.45, 7) is 0.542. The Bertz CT molecular complexity index is 1120. The van der Waals surface area contributed by atoms with Gasteiger partial charge in [-0.05, 0) is 36.2 Å². The van der Waals surface area contributed by atoms with Crippen LogP contribution in [0.25, 0.3) is 0 Å². The molecular weight excluding hydrogens is 446 g/mol. The summed E-state index contributed by atoms with van der Waals surface area (Å²) in [5.41, 5.74) is 1.30. The minimum atomic E-state index is -0.413. The fraction of sp³-hybridized carbons (Fsp3) is 0.348. The quantitative estimate of drug-likeness (QED) is 0.646. The number of fused-ring (bicyclic) bond motifs is 2. The van der Waals surface area contributed by atoms with Crippen molar-refractivity contribution in [3.05, 3.63) is 42.0 Å². The van der Waals surface area contributed by atoms with Gasteiger partial charge in [-0.1, -0.05) is 6.07 Å². The van der Waals surface area contributed by atoms with Gasteiger partial charge < -0.3 is 29.0 Å². The molecule has 3 heterocycles. The standard InChI is InChI=1S/C23H23N3O8/c27-21(24-16-3-5-18-20(10-16)34-14-32-18)11-30-12-23(29)26-7-1-6-25(26)22(28)9-15-2-4-17-19(8-15)33-13-31-17/h2-5,8,10H,1,6-7,9,11-14H2,(H,24,27). The van der Waals surface area contributed by atoms with Crippen molar-refractivity contribution in [2.75, 3.05) is 45.2 Å². The van der Waals surface area contributed by atoms with Gasteiger partial charge in [-0.3, -0.25) is 19.4 Å². The topological polar surface area (TPSA) is 116 Å². The second-order valence-electron chi connectivity index (χ2n) is 7.86. The fourth-order valence-electron chi connectivity index (χ4n) is 3.92. The summed E-state index contributed by atoms with van der Waals surface area (Å²) in [4.78, 5) is 37.6. The van der Waals surface area contributed by atoms with Gasteiger partial charge in [0, 0.05) is 24.8 Å². The number of nitrogens with zero attached hydrogens (tertiary/aromatic N) is 2. The third-order valence-corrected chi connectivity index (χ3v) is 5.51. The largest absolute Gasteiger partial charge is 0.454 e. The lowest BCUT2D eigenvalue weighted by atomic mass is 10.1. The zero-order chi connectivity index (χ0) is 23.5. The van der Waals surface area contributed by atoms with E-state index in [9.17, 15) is 14.4 Å². The van der Waals surface area contributed by atoms with Crippen LogP contribution in [-0.2, 0) is 25.5 Å². The first-order chi connectivity index (χ1) is 16.6. The fourth-order valence-corrected chi connectivity index (χ4v) is 3.92. The van der Waals surface area contributed by atoms with Crippen molar-refractivity contribution < 1.29 is 38.1 Å². The van der Waals surface area contributed by atoms with Gasteiger partial charge in [0.05, 0.1) is 6.42 Å². The van der Waals surface area contributed by atoms with Gasteiger partial charge >= 0.3 is 0 Å². The molecule has 0 saturated carbocycles. The zero-order valence-corrected chi connectivity index (χ0v) is 18.3. The number of benzene rings is 2. The number of anilines is 1. The Morgan fingerprint density at radius 3 is 2.21 bits per heavy atom. The van der Waals surface area contributed by atoms with Crippen LogP contribution < -0.4 is 24.3 Å². The molecular formula is C23H23N3O8. The molecule has 1 fully saturated rings. The molecule has 0 radical (unpaired) electrons. The van der Waals surface area contributed by atoms with E-state index >= 15 is 0 Å². The number of amides is 3. The van der Waals surface area contributed by atoms with Crippen LogP contribution >= 0.6 is 0 Å². The summed E-state index contributed by atoms with van der Waals surface area (Å²) in [7, 11) is 0. The van der Waals surface area contributed by atoms with Crippen LogP contribution in [0.1, 0.15) is 12.0 Å². The predicted octanol–water partition coefficient (Wildman–Crippen LogP) is 1.32. The van der Waals surface area contributed by atoms with Gasteiger partial charge in [-0.25, -0.2) is 5.01 Å². The van der Waals surface area contributed by atoms with E-state index in [0.717, 1.165) is 5.56 Å². The number of carbonyl (C=O) groups is 3. The summed E-state index contributed by atoms with van der Waals surface area (Å²) in [6.07, 6.45) is 0.794. The van der Waals surface area contributed by atoms with Crippen molar-refractivity contribution in [2.45, 2.75) is 12.8 Å². The van der Waals surface area contributed by atoms with Crippen molar-refractivity contribution in [1.29, 1.82) is 0 Å². The highest BCUT2D eigenvalue weighted by molar-refractivity contribution is 5.92. The number of rotatable bonds is 7. The Hall–Kier alpha value is -3.99. The van der Waals surface area contributed by atoms with E-state index in [2.05, 4.69) is 5.32 Å². The maximum Gasteiger partial charge on any atom is 0.267 e. The Kier molecular flexibility index (Phi) is 6.09. The van der Waals surface area contributed by atoms with Crippen LogP contribution in [0.4, 0.5) is 5.69 Å². The van der Waals surface area contributed by atoms with E-state index in [-0.39, 0.29) is 45.0 Å². The first kappa shape index (κ1) is 21.8. The average molecular weight is 469 g/mol. The van der Waals surface area contributed by atoms with E-state index in [0.29, 0.717) is 48.2 Å². The molecule has 3 aliphatic rings. The number of nitrogens with one attached hydrogen (secondary N) is 1. The number of ether oxygens (including phenoxy) is 5. The van der Waals surface area contributed by atoms with Crippen LogP contribution in [0.15, 0.2) is 36.4 Å². The monoisotopic (exact) mass is 469 g/mol. The number of hydrogen-bond donors (Lipinski definition) is 1. The third kappa shape index (κ3) is 4.69. The third-order valence-electron chi connectivity index (χ3n) is 5.51. The summed E-state index contributed by atoms with van der Waals surface area (Å²) in [6, 6.07) is 10.4. The van der Waals surface area contributed by atoms with Crippen LogP contribution in [-0.4, -0.2) is 67.6 Å². The molecule has 11 nitrogen and oxygen atoms in total. The van der Waals surface area contributed by atoms with Gasteiger partial charge in [-0.15, -0.1) is 0 Å². The summed E-state index contributed by atoms with van der Waals surface area (Å²) >= 11 is 0.